The Balaban J connectivity index is 1.60. The Morgan fingerprint density at radius 2 is 2.03 bits per heavy atom. The minimum atomic E-state index is -0.998. The summed E-state index contributed by atoms with van der Waals surface area (Å²) in [5, 5.41) is 21.9. The van der Waals surface area contributed by atoms with Crippen LogP contribution in [-0.2, 0) is 6.16 Å². The van der Waals surface area contributed by atoms with Crippen LogP contribution < -0.4 is 10.1 Å². The molecule has 3 aromatic carbocycles. The second kappa shape index (κ2) is 11.9. The third-order valence-electron chi connectivity index (χ3n) is 6.37. The molecule has 5 nitrogen and oxygen atoms in total. The van der Waals surface area contributed by atoms with Gasteiger partial charge in [-0.05, 0) is 79.7 Å². The van der Waals surface area contributed by atoms with Crippen LogP contribution in [0, 0.1) is 24.1 Å². The number of fused-ring (bicyclic) bond motifs is 1. The fraction of sp³-hybridized carbons (Fsp3) is 0.156. The molecule has 7 heteroatoms. The Morgan fingerprint density at radius 3 is 2.72 bits per heavy atom. The van der Waals surface area contributed by atoms with E-state index in [-0.39, 0.29) is 17.2 Å². The third kappa shape index (κ3) is 6.17. The highest BCUT2D eigenvalue weighted by atomic mass is 31.1. The van der Waals surface area contributed by atoms with Gasteiger partial charge in [0.15, 0.2) is 0 Å². The lowest BCUT2D eigenvalue weighted by molar-refractivity contribution is 0.0698. The minimum Gasteiger partial charge on any atom is -0.478 e. The summed E-state index contributed by atoms with van der Waals surface area (Å²) in [5.74, 6) is 1.83. The molecule has 1 heterocycles. The quantitative estimate of drug-likeness (QED) is 0.284. The fourth-order valence-electron chi connectivity index (χ4n) is 4.38. The van der Waals surface area contributed by atoms with Crippen molar-refractivity contribution in [1.82, 2.24) is 0 Å². The van der Waals surface area contributed by atoms with E-state index in [9.17, 15) is 14.3 Å². The molecule has 4 rings (SSSR count). The number of carboxylic acids is 1. The molecule has 0 aliphatic carbocycles. The largest absolute Gasteiger partial charge is 0.478 e. The molecule has 0 bridgehead atoms. The number of anilines is 1. The Bertz CT molecular complexity index is 1600. The summed E-state index contributed by atoms with van der Waals surface area (Å²) in [5.41, 5.74) is 6.06. The van der Waals surface area contributed by atoms with Crippen molar-refractivity contribution in [1.29, 1.82) is 5.26 Å². The van der Waals surface area contributed by atoms with Crippen molar-refractivity contribution in [2.24, 2.45) is 0 Å². The Labute approximate surface area is 229 Å². The predicted molar refractivity (Wildman–Crippen MR) is 156 cm³/mol. The number of nitrogens with zero attached hydrogens (tertiary/aromatic N) is 1. The van der Waals surface area contributed by atoms with Crippen molar-refractivity contribution in [2.75, 3.05) is 5.32 Å². The molecule has 0 saturated heterocycles. The number of allylic oxidation sites excluding steroid dienone is 4. The zero-order valence-corrected chi connectivity index (χ0v) is 22.9. The molecule has 0 amide bonds. The molecule has 39 heavy (non-hydrogen) atoms. The minimum absolute atomic E-state index is 0.0349. The monoisotopic (exact) mass is 538 g/mol. The molecular weight excluding hydrogens is 510 g/mol. The number of nitrogens with one attached hydrogen (secondary N) is 1. The van der Waals surface area contributed by atoms with E-state index in [1.54, 1.807) is 30.3 Å². The molecule has 0 radical (unpaired) electrons. The number of halogens is 1. The summed E-state index contributed by atoms with van der Waals surface area (Å²) in [6.45, 7) is 10.2. The second-order valence-corrected chi connectivity index (χ2v) is 10.2. The van der Waals surface area contributed by atoms with E-state index in [1.807, 2.05) is 56.9 Å². The van der Waals surface area contributed by atoms with Crippen LogP contribution in [0.25, 0.3) is 5.57 Å². The van der Waals surface area contributed by atoms with Gasteiger partial charge in [-0.1, -0.05) is 45.1 Å². The summed E-state index contributed by atoms with van der Waals surface area (Å²) >= 11 is 0. The first-order valence-corrected chi connectivity index (χ1v) is 13.5. The first-order valence-electron chi connectivity index (χ1n) is 12.4. The van der Waals surface area contributed by atoms with Gasteiger partial charge in [0.25, 0.3) is 0 Å². The average molecular weight is 539 g/mol. The van der Waals surface area contributed by atoms with Crippen LogP contribution in [0.4, 0.5) is 10.1 Å². The van der Waals surface area contributed by atoms with Gasteiger partial charge in [0, 0.05) is 28.5 Å². The predicted octanol–water partition coefficient (Wildman–Crippen LogP) is 8.06. The number of nitriles is 1. The molecule has 2 N–H and O–H groups in total. The van der Waals surface area contributed by atoms with E-state index < -0.39 is 11.8 Å². The van der Waals surface area contributed by atoms with Crippen molar-refractivity contribution in [3.8, 4) is 11.8 Å². The number of ether oxygens (including phenoxy) is 1. The Hall–Kier alpha value is -4.46. The summed E-state index contributed by atoms with van der Waals surface area (Å²) in [4.78, 5) is 11.7. The van der Waals surface area contributed by atoms with Crippen LogP contribution in [0.2, 0.25) is 0 Å². The van der Waals surface area contributed by atoms with Gasteiger partial charge >= 0.3 is 5.97 Å². The molecule has 1 atom stereocenters. The highest BCUT2D eigenvalue weighted by molar-refractivity contribution is 7.38. The van der Waals surface area contributed by atoms with E-state index in [0.717, 1.165) is 41.6 Å². The molecule has 0 spiro atoms. The topological polar surface area (TPSA) is 82.3 Å². The smallest absolute Gasteiger partial charge is 0.337 e. The number of carbonyl (C=O) groups is 1. The first-order chi connectivity index (χ1) is 18.7. The van der Waals surface area contributed by atoms with Crippen LogP contribution in [-0.4, -0.2) is 16.9 Å². The number of benzene rings is 3. The van der Waals surface area contributed by atoms with Crippen LogP contribution in [0.15, 0.2) is 84.7 Å². The number of aromatic carboxylic acids is 1. The maximum absolute atomic E-state index is 14.0. The Morgan fingerprint density at radius 1 is 1.26 bits per heavy atom. The SMILES string of the molecule is C=C1C=C(C(/C=P\Cc2ccc(C#N)c(F)c2)=C/C)Oc2c1cc(C)cc2C(C)Nc1ccccc1C(=O)O. The summed E-state index contributed by atoms with van der Waals surface area (Å²) < 4.78 is 20.5. The third-order valence-corrected chi connectivity index (χ3v) is 7.38. The van der Waals surface area contributed by atoms with Gasteiger partial charge in [0.2, 0.25) is 0 Å². The van der Waals surface area contributed by atoms with Gasteiger partial charge < -0.3 is 15.2 Å². The van der Waals surface area contributed by atoms with E-state index in [2.05, 4.69) is 11.9 Å². The number of rotatable bonds is 8. The van der Waals surface area contributed by atoms with Gasteiger partial charge in [-0.25, -0.2) is 9.18 Å². The number of aryl methyl sites for hydroxylation is 1. The molecule has 1 unspecified atom stereocenters. The Kier molecular flexibility index (Phi) is 8.44. The lowest BCUT2D eigenvalue weighted by Crippen LogP contribution is -2.15. The summed E-state index contributed by atoms with van der Waals surface area (Å²) in [6, 6.07) is 17.1. The van der Waals surface area contributed by atoms with Gasteiger partial charge in [-0.2, -0.15) is 5.26 Å². The molecule has 1 aliphatic heterocycles. The van der Waals surface area contributed by atoms with Gasteiger partial charge in [-0.3, -0.25) is 0 Å². The number of carboxylic acid groups (broad SMARTS) is 1. The van der Waals surface area contributed by atoms with Crippen molar-refractivity contribution in [2.45, 2.75) is 33.0 Å². The summed E-state index contributed by atoms with van der Waals surface area (Å²) in [7, 11) is 0.931. The zero-order valence-electron chi connectivity index (χ0n) is 22.0. The standard InChI is InChI=1S/C32H28FN2O3P/c1-5-23(18-39-17-22-10-11-24(16-34)28(33)15-22)30-14-20(3)26-12-19(2)13-27(31(26)38-30)21(4)35-29-9-7-6-8-25(29)32(36)37/h5-15,18,21,35H,3,17H2,1-2,4H3,(H,36,37)/b23-5+. The molecule has 1 aliphatic rings. The lowest BCUT2D eigenvalue weighted by atomic mass is 9.93. The molecule has 0 fully saturated rings. The average Bonchev–Trinajstić information content (AvgIpc) is 2.91. The van der Waals surface area contributed by atoms with Crippen molar-refractivity contribution >= 4 is 31.2 Å². The van der Waals surface area contributed by atoms with E-state index in [4.69, 9.17) is 10.00 Å². The van der Waals surface area contributed by atoms with Crippen molar-refractivity contribution in [3.63, 3.8) is 0 Å². The normalized spacial score (nSPS) is 13.8. The van der Waals surface area contributed by atoms with Crippen LogP contribution in [0.5, 0.6) is 5.75 Å². The van der Waals surface area contributed by atoms with Gasteiger partial charge in [-0.15, -0.1) is 0 Å². The fourth-order valence-corrected chi connectivity index (χ4v) is 5.35. The van der Waals surface area contributed by atoms with E-state index in [1.165, 1.54) is 12.1 Å². The maximum Gasteiger partial charge on any atom is 0.337 e. The van der Waals surface area contributed by atoms with E-state index >= 15 is 0 Å². The second-order valence-electron chi connectivity index (χ2n) is 9.22. The van der Waals surface area contributed by atoms with Crippen LogP contribution >= 0.6 is 8.20 Å². The molecule has 0 saturated carbocycles. The molecule has 196 valence electrons. The maximum atomic E-state index is 14.0. The molecule has 0 aromatic heterocycles. The highest BCUT2D eigenvalue weighted by Gasteiger charge is 2.24. The van der Waals surface area contributed by atoms with Gasteiger partial charge in [0.05, 0.1) is 17.2 Å². The molecule has 3 aromatic rings. The van der Waals surface area contributed by atoms with Crippen molar-refractivity contribution in [3.05, 3.63) is 124 Å². The molecular formula is C32H28FN2O3P. The zero-order chi connectivity index (χ0) is 28.1. The number of para-hydroxylation sites is 1. The van der Waals surface area contributed by atoms with E-state index in [0.29, 0.717) is 23.4 Å². The summed E-state index contributed by atoms with van der Waals surface area (Å²) in [6.07, 6.45) is 4.44. The van der Waals surface area contributed by atoms with Crippen molar-refractivity contribution < 1.29 is 19.0 Å². The highest BCUT2D eigenvalue weighted by Crippen LogP contribution is 2.41. The van der Waals surface area contributed by atoms with Crippen LogP contribution in [0.1, 0.15) is 58.1 Å². The number of hydrogen-bond acceptors (Lipinski definition) is 4. The first kappa shape index (κ1) is 27.6. The number of hydrogen-bond donors (Lipinski definition) is 2. The van der Waals surface area contributed by atoms with Gasteiger partial charge in [0.1, 0.15) is 23.4 Å². The van der Waals surface area contributed by atoms with Crippen LogP contribution in [0.3, 0.4) is 0 Å². The lowest BCUT2D eigenvalue weighted by Gasteiger charge is -2.27.